The minimum Gasteiger partial charge on any atom is -0.496 e. The fraction of sp³-hybridized carbons (Fsp3) is 0.375. The molecule has 1 aliphatic heterocycles. The number of para-hydroxylation sites is 1. The van der Waals surface area contributed by atoms with Crippen molar-refractivity contribution in [3.05, 3.63) is 48.0 Å². The molecule has 2 aromatic rings. The van der Waals surface area contributed by atoms with E-state index in [1.807, 2.05) is 50.2 Å². The Morgan fingerprint density at radius 3 is 2.48 bits per heavy atom. The molecule has 1 aliphatic rings. The van der Waals surface area contributed by atoms with Crippen molar-refractivity contribution in [2.75, 3.05) is 56.8 Å². The summed E-state index contributed by atoms with van der Waals surface area (Å²) >= 11 is 0. The van der Waals surface area contributed by atoms with Crippen LogP contribution in [0.1, 0.15) is 19.4 Å². The minimum atomic E-state index is -0.270. The number of carbonyl (C=O) groups excluding carboxylic acids is 1. The Labute approximate surface area is 183 Å². The topological polar surface area (TPSA) is 69.3 Å². The maximum absolute atomic E-state index is 12.6. The first-order valence-corrected chi connectivity index (χ1v) is 10.5. The van der Waals surface area contributed by atoms with Gasteiger partial charge in [-0.05, 0) is 26.0 Å². The quantitative estimate of drug-likeness (QED) is 0.612. The lowest BCUT2D eigenvalue weighted by molar-refractivity contribution is -0.111. The predicted molar refractivity (Wildman–Crippen MR) is 122 cm³/mol. The van der Waals surface area contributed by atoms with Gasteiger partial charge in [-0.1, -0.05) is 18.2 Å². The van der Waals surface area contributed by atoms with Crippen LogP contribution in [0, 0.1) is 0 Å². The lowest BCUT2D eigenvalue weighted by atomic mass is 10.1. The summed E-state index contributed by atoms with van der Waals surface area (Å²) in [6.45, 7) is 7.75. The van der Waals surface area contributed by atoms with Crippen LogP contribution < -0.4 is 24.4 Å². The number of anilines is 2. The van der Waals surface area contributed by atoms with Gasteiger partial charge in [0.1, 0.15) is 17.2 Å². The van der Waals surface area contributed by atoms with E-state index in [-0.39, 0.29) is 5.91 Å². The second kappa shape index (κ2) is 11.3. The van der Waals surface area contributed by atoms with Gasteiger partial charge in [-0.3, -0.25) is 4.79 Å². The first-order valence-electron chi connectivity index (χ1n) is 10.5. The highest BCUT2D eigenvalue weighted by molar-refractivity contribution is 6.03. The molecule has 1 heterocycles. The Bertz CT molecular complexity index is 907. The van der Waals surface area contributed by atoms with Crippen LogP contribution in [0.15, 0.2) is 42.5 Å². The number of carbonyl (C=O) groups is 1. The van der Waals surface area contributed by atoms with Gasteiger partial charge in [-0.25, -0.2) is 0 Å². The molecule has 1 N–H and O–H groups in total. The van der Waals surface area contributed by atoms with Crippen LogP contribution in [0.4, 0.5) is 11.4 Å². The summed E-state index contributed by atoms with van der Waals surface area (Å²) < 4.78 is 22.5. The largest absolute Gasteiger partial charge is 0.496 e. The van der Waals surface area contributed by atoms with Crippen LogP contribution in [-0.2, 0) is 9.53 Å². The molecule has 0 bridgehead atoms. The SMILES string of the molecule is CCOc1cc(N2CCOCC2)c(OCC)cc1NC(=O)C=Cc1ccccc1OC. The van der Waals surface area contributed by atoms with Crippen molar-refractivity contribution in [3.63, 3.8) is 0 Å². The summed E-state index contributed by atoms with van der Waals surface area (Å²) in [5.41, 5.74) is 2.33. The molecule has 3 rings (SSSR count). The number of ether oxygens (including phenoxy) is 4. The van der Waals surface area contributed by atoms with Gasteiger partial charge >= 0.3 is 0 Å². The number of morpholine rings is 1. The molecule has 2 aromatic carbocycles. The number of amides is 1. The van der Waals surface area contributed by atoms with Crippen LogP contribution in [0.3, 0.4) is 0 Å². The molecule has 7 nitrogen and oxygen atoms in total. The molecule has 7 heteroatoms. The van der Waals surface area contributed by atoms with Crippen molar-refractivity contribution in [2.45, 2.75) is 13.8 Å². The molecule has 0 radical (unpaired) electrons. The molecule has 1 saturated heterocycles. The van der Waals surface area contributed by atoms with Gasteiger partial charge in [0.25, 0.3) is 0 Å². The maximum atomic E-state index is 12.6. The van der Waals surface area contributed by atoms with E-state index in [4.69, 9.17) is 18.9 Å². The Hall–Kier alpha value is -3.19. The van der Waals surface area contributed by atoms with E-state index in [1.165, 1.54) is 6.08 Å². The highest BCUT2D eigenvalue weighted by atomic mass is 16.5. The van der Waals surface area contributed by atoms with Gasteiger partial charge in [-0.15, -0.1) is 0 Å². The molecule has 0 unspecified atom stereocenters. The number of hydrogen-bond donors (Lipinski definition) is 1. The van der Waals surface area contributed by atoms with E-state index in [1.54, 1.807) is 13.2 Å². The number of nitrogens with one attached hydrogen (secondary N) is 1. The van der Waals surface area contributed by atoms with Gasteiger partial charge < -0.3 is 29.2 Å². The fourth-order valence-electron chi connectivity index (χ4n) is 3.39. The number of nitrogens with zero attached hydrogens (tertiary/aromatic N) is 1. The molecule has 31 heavy (non-hydrogen) atoms. The number of methoxy groups -OCH3 is 1. The molecule has 1 fully saturated rings. The molecule has 1 amide bonds. The van der Waals surface area contributed by atoms with E-state index in [0.29, 0.717) is 49.4 Å². The zero-order chi connectivity index (χ0) is 22.1. The third kappa shape index (κ3) is 5.92. The zero-order valence-electron chi connectivity index (χ0n) is 18.3. The van der Waals surface area contributed by atoms with Gasteiger partial charge in [0.05, 0.1) is 44.9 Å². The smallest absolute Gasteiger partial charge is 0.248 e. The Balaban J connectivity index is 1.85. The Morgan fingerprint density at radius 2 is 1.77 bits per heavy atom. The summed E-state index contributed by atoms with van der Waals surface area (Å²) in [7, 11) is 1.60. The molecule has 0 spiro atoms. The van der Waals surface area contributed by atoms with Crippen molar-refractivity contribution < 1.29 is 23.7 Å². The summed E-state index contributed by atoms with van der Waals surface area (Å²) in [6, 6.07) is 11.3. The average Bonchev–Trinajstić information content (AvgIpc) is 2.80. The summed E-state index contributed by atoms with van der Waals surface area (Å²) in [6.07, 6.45) is 3.20. The van der Waals surface area contributed by atoms with Crippen molar-refractivity contribution in [2.24, 2.45) is 0 Å². The molecule has 0 aromatic heterocycles. The van der Waals surface area contributed by atoms with E-state index >= 15 is 0 Å². The van der Waals surface area contributed by atoms with E-state index in [0.717, 1.165) is 24.3 Å². The van der Waals surface area contributed by atoms with Gasteiger partial charge in [-0.2, -0.15) is 0 Å². The highest BCUT2D eigenvalue weighted by Gasteiger charge is 2.20. The van der Waals surface area contributed by atoms with Crippen LogP contribution in [-0.4, -0.2) is 52.5 Å². The maximum Gasteiger partial charge on any atom is 0.248 e. The number of hydrogen-bond acceptors (Lipinski definition) is 6. The third-order valence-corrected chi connectivity index (χ3v) is 4.82. The molecule has 0 aliphatic carbocycles. The molecular formula is C24H30N2O5. The average molecular weight is 427 g/mol. The molecule has 0 saturated carbocycles. The molecule has 166 valence electrons. The van der Waals surface area contributed by atoms with Gasteiger partial charge in [0, 0.05) is 36.9 Å². The minimum absolute atomic E-state index is 0.270. The molecule has 0 atom stereocenters. The van der Waals surface area contributed by atoms with Gasteiger partial charge in [0.2, 0.25) is 5.91 Å². The first kappa shape index (κ1) is 22.5. The standard InChI is InChI=1S/C24H30N2O5/c1-4-30-22-17-20(26-12-14-29-15-13-26)23(31-5-2)16-19(22)25-24(27)11-10-18-8-6-7-9-21(18)28-3/h6-11,16-17H,4-5,12-15H2,1-3H3,(H,25,27). The first-order chi connectivity index (χ1) is 15.2. The van der Waals surface area contributed by atoms with Crippen LogP contribution in [0.2, 0.25) is 0 Å². The zero-order valence-corrected chi connectivity index (χ0v) is 18.3. The van der Waals surface area contributed by atoms with Crippen molar-refractivity contribution >= 4 is 23.4 Å². The Morgan fingerprint density at radius 1 is 1.06 bits per heavy atom. The van der Waals surface area contributed by atoms with E-state index in [2.05, 4.69) is 10.2 Å². The second-order valence-electron chi connectivity index (χ2n) is 6.85. The Kier molecular flexibility index (Phi) is 8.18. The van der Waals surface area contributed by atoms with Gasteiger partial charge in [0.15, 0.2) is 0 Å². The second-order valence-corrected chi connectivity index (χ2v) is 6.85. The number of rotatable bonds is 9. The van der Waals surface area contributed by atoms with Crippen molar-refractivity contribution in [3.8, 4) is 17.2 Å². The normalized spacial score (nSPS) is 13.8. The fourth-order valence-corrected chi connectivity index (χ4v) is 3.39. The summed E-state index contributed by atoms with van der Waals surface area (Å²) in [4.78, 5) is 14.8. The summed E-state index contributed by atoms with van der Waals surface area (Å²) in [5, 5.41) is 2.92. The highest BCUT2D eigenvalue weighted by Crippen LogP contribution is 2.39. The van der Waals surface area contributed by atoms with Crippen LogP contribution in [0.5, 0.6) is 17.2 Å². The van der Waals surface area contributed by atoms with Crippen LogP contribution in [0.25, 0.3) is 6.08 Å². The number of benzene rings is 2. The van der Waals surface area contributed by atoms with Crippen molar-refractivity contribution in [1.29, 1.82) is 0 Å². The third-order valence-electron chi connectivity index (χ3n) is 4.82. The lowest BCUT2D eigenvalue weighted by Gasteiger charge is -2.31. The lowest BCUT2D eigenvalue weighted by Crippen LogP contribution is -2.36. The van der Waals surface area contributed by atoms with Crippen molar-refractivity contribution in [1.82, 2.24) is 0 Å². The predicted octanol–water partition coefficient (Wildman–Crippen LogP) is 3.98. The van der Waals surface area contributed by atoms with E-state index < -0.39 is 0 Å². The monoisotopic (exact) mass is 426 g/mol. The molecular weight excluding hydrogens is 396 g/mol. The van der Waals surface area contributed by atoms with E-state index in [9.17, 15) is 4.79 Å². The van der Waals surface area contributed by atoms with Crippen LogP contribution >= 0.6 is 0 Å². The summed E-state index contributed by atoms with van der Waals surface area (Å²) in [5.74, 6) is 1.74.